The lowest BCUT2D eigenvalue weighted by Crippen LogP contribution is -2.32. The second-order valence-corrected chi connectivity index (χ2v) is 5.47. The minimum atomic E-state index is 0.0173. The van der Waals surface area contributed by atoms with E-state index in [0.717, 1.165) is 25.7 Å². The minimum Gasteiger partial charge on any atom is -0.380 e. The van der Waals surface area contributed by atoms with Crippen LogP contribution in [0.15, 0.2) is 24.3 Å². The van der Waals surface area contributed by atoms with Crippen molar-refractivity contribution in [1.82, 2.24) is 5.32 Å². The van der Waals surface area contributed by atoms with E-state index >= 15 is 0 Å². The van der Waals surface area contributed by atoms with Gasteiger partial charge in [0.05, 0.1) is 12.5 Å². The molecule has 0 saturated carbocycles. The van der Waals surface area contributed by atoms with Gasteiger partial charge in [-0.1, -0.05) is 24.3 Å². The number of amides is 1. The zero-order valence-corrected chi connectivity index (χ0v) is 12.5. The molecule has 0 spiro atoms. The van der Waals surface area contributed by atoms with Gasteiger partial charge in [-0.25, -0.2) is 0 Å². The van der Waals surface area contributed by atoms with Crippen LogP contribution in [0.25, 0.3) is 0 Å². The van der Waals surface area contributed by atoms with Gasteiger partial charge in [0.1, 0.15) is 0 Å². The molecule has 1 aliphatic carbocycles. The Morgan fingerprint density at radius 1 is 1.35 bits per heavy atom. The Morgan fingerprint density at radius 3 is 3.05 bits per heavy atom. The van der Waals surface area contributed by atoms with E-state index in [0.29, 0.717) is 25.6 Å². The van der Waals surface area contributed by atoms with Gasteiger partial charge >= 0.3 is 0 Å². The van der Waals surface area contributed by atoms with Crippen molar-refractivity contribution < 1.29 is 9.53 Å². The third-order valence-electron chi connectivity index (χ3n) is 3.67. The van der Waals surface area contributed by atoms with Gasteiger partial charge in [-0.2, -0.15) is 0 Å². The fourth-order valence-electron chi connectivity index (χ4n) is 2.69. The molecular weight excluding hydrogens is 274 g/mol. The van der Waals surface area contributed by atoms with Crippen molar-refractivity contribution in [3.8, 4) is 0 Å². The van der Waals surface area contributed by atoms with Gasteiger partial charge in [0.2, 0.25) is 5.91 Å². The Labute approximate surface area is 125 Å². The highest BCUT2D eigenvalue weighted by Crippen LogP contribution is 2.31. The average Bonchev–Trinajstić information content (AvgIpc) is 2.50. The molecule has 3 nitrogen and oxygen atoms in total. The molecule has 0 fully saturated rings. The van der Waals surface area contributed by atoms with Crippen molar-refractivity contribution in [3.05, 3.63) is 35.4 Å². The van der Waals surface area contributed by atoms with Gasteiger partial charge in [-0.3, -0.25) is 4.79 Å². The van der Waals surface area contributed by atoms with Gasteiger partial charge in [-0.15, -0.1) is 11.6 Å². The molecule has 20 heavy (non-hydrogen) atoms. The first kappa shape index (κ1) is 15.3. The zero-order chi connectivity index (χ0) is 14.2. The van der Waals surface area contributed by atoms with Crippen molar-refractivity contribution in [1.29, 1.82) is 0 Å². The van der Waals surface area contributed by atoms with Crippen molar-refractivity contribution in [2.45, 2.75) is 31.6 Å². The lowest BCUT2D eigenvalue weighted by molar-refractivity contribution is -0.122. The first-order valence-corrected chi connectivity index (χ1v) is 7.85. The Morgan fingerprint density at radius 2 is 2.20 bits per heavy atom. The third-order valence-corrected chi connectivity index (χ3v) is 3.83. The molecule has 1 unspecified atom stereocenters. The highest BCUT2D eigenvalue weighted by molar-refractivity contribution is 6.17. The summed E-state index contributed by atoms with van der Waals surface area (Å²) in [6.45, 7) is 1.89. The first-order chi connectivity index (χ1) is 9.83. The Bertz CT molecular complexity index is 436. The number of nitrogens with one attached hydrogen (secondary N) is 1. The van der Waals surface area contributed by atoms with Gasteiger partial charge in [0.25, 0.3) is 0 Å². The minimum absolute atomic E-state index is 0.0173. The van der Waals surface area contributed by atoms with Crippen molar-refractivity contribution in [3.63, 3.8) is 0 Å². The van der Waals surface area contributed by atoms with Crippen LogP contribution >= 0.6 is 11.6 Å². The van der Waals surface area contributed by atoms with Gasteiger partial charge in [0, 0.05) is 19.0 Å². The van der Waals surface area contributed by atoms with E-state index in [4.69, 9.17) is 16.3 Å². The van der Waals surface area contributed by atoms with Crippen LogP contribution in [0.1, 0.15) is 36.3 Å². The lowest BCUT2D eigenvalue weighted by atomic mass is 9.82. The summed E-state index contributed by atoms with van der Waals surface area (Å²) in [7, 11) is 0. The zero-order valence-electron chi connectivity index (χ0n) is 11.7. The summed E-state index contributed by atoms with van der Waals surface area (Å²) in [4.78, 5) is 12.3. The van der Waals surface area contributed by atoms with E-state index in [9.17, 15) is 4.79 Å². The molecule has 1 N–H and O–H groups in total. The first-order valence-electron chi connectivity index (χ1n) is 7.32. The number of halogens is 1. The average molecular weight is 296 g/mol. The van der Waals surface area contributed by atoms with E-state index < -0.39 is 0 Å². The number of hydrogen-bond donors (Lipinski definition) is 1. The van der Waals surface area contributed by atoms with Crippen molar-refractivity contribution in [2.75, 3.05) is 25.6 Å². The molecule has 1 aromatic carbocycles. The van der Waals surface area contributed by atoms with Crippen LogP contribution < -0.4 is 5.32 Å². The van der Waals surface area contributed by atoms with E-state index in [-0.39, 0.29) is 11.8 Å². The predicted molar refractivity (Wildman–Crippen MR) is 81.3 cm³/mol. The fraction of sp³-hybridized carbons (Fsp3) is 0.562. The SMILES string of the molecule is O=C(NCCCOCCCl)C1CCCc2ccccc21. The number of hydrogen-bond acceptors (Lipinski definition) is 2. The monoisotopic (exact) mass is 295 g/mol. The summed E-state index contributed by atoms with van der Waals surface area (Å²) in [5.41, 5.74) is 2.53. The summed E-state index contributed by atoms with van der Waals surface area (Å²) < 4.78 is 5.28. The summed E-state index contributed by atoms with van der Waals surface area (Å²) in [6.07, 6.45) is 3.96. The topological polar surface area (TPSA) is 38.3 Å². The number of fused-ring (bicyclic) bond motifs is 1. The number of benzene rings is 1. The van der Waals surface area contributed by atoms with E-state index in [1.807, 2.05) is 12.1 Å². The van der Waals surface area contributed by atoms with Crippen LogP contribution in [0, 0.1) is 0 Å². The maximum absolute atomic E-state index is 12.3. The Kier molecular flexibility index (Phi) is 6.34. The maximum Gasteiger partial charge on any atom is 0.227 e. The highest BCUT2D eigenvalue weighted by Gasteiger charge is 2.25. The summed E-state index contributed by atoms with van der Waals surface area (Å²) >= 11 is 5.52. The number of carbonyl (C=O) groups is 1. The molecule has 0 aliphatic heterocycles. The number of rotatable bonds is 7. The molecule has 1 atom stereocenters. The van der Waals surface area contributed by atoms with Crippen molar-refractivity contribution in [2.24, 2.45) is 0 Å². The van der Waals surface area contributed by atoms with Gasteiger partial charge in [0.15, 0.2) is 0 Å². The summed E-state index contributed by atoms with van der Waals surface area (Å²) in [5, 5.41) is 3.02. The van der Waals surface area contributed by atoms with Crippen LogP contribution in [0.5, 0.6) is 0 Å². The van der Waals surface area contributed by atoms with E-state index in [1.54, 1.807) is 0 Å². The number of carbonyl (C=O) groups excluding carboxylic acids is 1. The molecule has 1 amide bonds. The van der Waals surface area contributed by atoms with Crippen LogP contribution in [-0.2, 0) is 16.0 Å². The van der Waals surface area contributed by atoms with Gasteiger partial charge < -0.3 is 10.1 Å². The molecule has 0 saturated heterocycles. The second kappa shape index (κ2) is 8.28. The molecule has 0 heterocycles. The Balaban J connectivity index is 1.79. The molecule has 4 heteroatoms. The lowest BCUT2D eigenvalue weighted by Gasteiger charge is -2.24. The molecular formula is C16H22ClNO2. The fourth-order valence-corrected chi connectivity index (χ4v) is 2.80. The quantitative estimate of drug-likeness (QED) is 0.620. The standard InChI is InChI=1S/C16H22ClNO2/c17-9-12-20-11-4-10-18-16(19)15-8-3-6-13-5-1-2-7-14(13)15/h1-2,5,7,15H,3-4,6,8-12H2,(H,18,19). The molecule has 0 radical (unpaired) electrons. The molecule has 1 aromatic rings. The highest BCUT2D eigenvalue weighted by atomic mass is 35.5. The maximum atomic E-state index is 12.3. The number of ether oxygens (including phenoxy) is 1. The molecule has 0 aromatic heterocycles. The third kappa shape index (κ3) is 4.22. The second-order valence-electron chi connectivity index (χ2n) is 5.09. The normalized spacial score (nSPS) is 17.6. The summed E-state index contributed by atoms with van der Waals surface area (Å²) in [6, 6.07) is 8.29. The smallest absolute Gasteiger partial charge is 0.227 e. The van der Waals surface area contributed by atoms with E-state index in [2.05, 4.69) is 17.4 Å². The number of alkyl halides is 1. The van der Waals surface area contributed by atoms with Crippen LogP contribution in [-0.4, -0.2) is 31.5 Å². The largest absolute Gasteiger partial charge is 0.380 e. The molecule has 0 bridgehead atoms. The van der Waals surface area contributed by atoms with Gasteiger partial charge in [-0.05, 0) is 36.8 Å². The number of aryl methyl sites for hydroxylation is 1. The Hall–Kier alpha value is -1.06. The predicted octanol–water partition coefficient (Wildman–Crippen LogP) is 2.87. The molecule has 110 valence electrons. The van der Waals surface area contributed by atoms with E-state index in [1.165, 1.54) is 11.1 Å². The summed E-state index contributed by atoms with van der Waals surface area (Å²) in [5.74, 6) is 0.684. The molecule has 1 aliphatic rings. The van der Waals surface area contributed by atoms with Crippen LogP contribution in [0.3, 0.4) is 0 Å². The van der Waals surface area contributed by atoms with Crippen LogP contribution in [0.2, 0.25) is 0 Å². The van der Waals surface area contributed by atoms with Crippen molar-refractivity contribution >= 4 is 17.5 Å². The van der Waals surface area contributed by atoms with Crippen LogP contribution in [0.4, 0.5) is 0 Å². The molecule has 2 rings (SSSR count).